The Morgan fingerprint density at radius 3 is 2.61 bits per heavy atom. The molecule has 0 unspecified atom stereocenters. The van der Waals surface area contributed by atoms with Crippen LogP contribution in [0.25, 0.3) is 0 Å². The van der Waals surface area contributed by atoms with Crippen molar-refractivity contribution in [1.82, 2.24) is 0 Å². The Hall–Kier alpha value is -1.11. The molecule has 0 heterocycles. The van der Waals surface area contributed by atoms with E-state index in [1.165, 1.54) is 25.7 Å². The van der Waals surface area contributed by atoms with E-state index in [4.69, 9.17) is 0 Å². The maximum atomic E-state index is 12.6. The molecule has 3 aliphatic carbocycles. The van der Waals surface area contributed by atoms with E-state index in [0.29, 0.717) is 11.8 Å². The van der Waals surface area contributed by atoms with Crippen LogP contribution >= 0.6 is 0 Å². The largest absolute Gasteiger partial charge is 0.294 e. The van der Waals surface area contributed by atoms with Crippen LogP contribution in [0.3, 0.4) is 0 Å². The molecule has 126 valence electrons. The van der Waals surface area contributed by atoms with Crippen LogP contribution in [-0.2, 0) is 4.79 Å². The van der Waals surface area contributed by atoms with Gasteiger partial charge in [-0.05, 0) is 67.3 Å². The van der Waals surface area contributed by atoms with Crippen molar-refractivity contribution < 1.29 is 4.79 Å². The molecule has 0 spiro atoms. The van der Waals surface area contributed by atoms with E-state index in [1.807, 2.05) is 0 Å². The highest BCUT2D eigenvalue weighted by Crippen LogP contribution is 2.63. The number of ketones is 1. The summed E-state index contributed by atoms with van der Waals surface area (Å²) in [5.74, 6) is 1.43. The normalized spacial score (nSPS) is 46.1. The average molecular weight is 312 g/mol. The summed E-state index contributed by atoms with van der Waals surface area (Å²) in [5.41, 5.74) is 1.92. The van der Waals surface area contributed by atoms with E-state index in [1.54, 1.807) is 11.6 Å². The molecule has 2 saturated carbocycles. The van der Waals surface area contributed by atoms with Crippen molar-refractivity contribution in [1.29, 1.82) is 0 Å². The van der Waals surface area contributed by atoms with Crippen LogP contribution in [0.4, 0.5) is 0 Å². The maximum Gasteiger partial charge on any atom is 0.161 e. The summed E-state index contributed by atoms with van der Waals surface area (Å²) < 4.78 is 0. The van der Waals surface area contributed by atoms with Crippen LogP contribution in [0, 0.1) is 28.1 Å². The second-order valence-electron chi connectivity index (χ2n) is 9.01. The fraction of sp³-hybridized carbons (Fsp3) is 0.682. The molecule has 0 aromatic heterocycles. The quantitative estimate of drug-likeness (QED) is 0.470. The van der Waals surface area contributed by atoms with Crippen LogP contribution in [0.5, 0.6) is 0 Å². The van der Waals surface area contributed by atoms with Crippen molar-refractivity contribution in [2.75, 3.05) is 0 Å². The molecule has 0 amide bonds. The average Bonchev–Trinajstić information content (AvgIpc) is 2.53. The molecule has 5 atom stereocenters. The highest BCUT2D eigenvalue weighted by atomic mass is 16.1. The molecule has 2 fully saturated rings. The number of hydrogen-bond donors (Lipinski definition) is 0. The molecular formula is C22H32O. The summed E-state index contributed by atoms with van der Waals surface area (Å²) in [6.45, 7) is 14.8. The highest BCUT2D eigenvalue weighted by Gasteiger charge is 2.56. The Morgan fingerprint density at radius 2 is 1.96 bits per heavy atom. The van der Waals surface area contributed by atoms with Gasteiger partial charge in [-0.3, -0.25) is 4.79 Å². The third-order valence-corrected chi connectivity index (χ3v) is 7.58. The van der Waals surface area contributed by atoms with Gasteiger partial charge in [-0.2, -0.15) is 0 Å². The van der Waals surface area contributed by atoms with Crippen molar-refractivity contribution in [3.63, 3.8) is 0 Å². The molecule has 3 rings (SSSR count). The number of rotatable bonds is 3. The Morgan fingerprint density at radius 1 is 1.22 bits per heavy atom. The predicted octanol–water partition coefficient (Wildman–Crippen LogP) is 5.88. The van der Waals surface area contributed by atoms with E-state index in [0.717, 1.165) is 19.3 Å². The Labute approximate surface area is 141 Å². The third-order valence-electron chi connectivity index (χ3n) is 7.58. The van der Waals surface area contributed by atoms with Crippen LogP contribution in [0.2, 0.25) is 0 Å². The van der Waals surface area contributed by atoms with Gasteiger partial charge in [0.15, 0.2) is 5.78 Å². The zero-order valence-electron chi connectivity index (χ0n) is 15.2. The zero-order valence-corrected chi connectivity index (χ0v) is 15.2. The van der Waals surface area contributed by atoms with Gasteiger partial charge in [0, 0.05) is 5.41 Å². The third kappa shape index (κ3) is 2.39. The number of carbonyl (C=O) groups is 1. The number of fused-ring (bicyclic) bond motifs is 3. The van der Waals surface area contributed by atoms with Crippen molar-refractivity contribution in [3.05, 3.63) is 37.0 Å². The summed E-state index contributed by atoms with van der Waals surface area (Å²) in [6.07, 6.45) is 14.4. The molecule has 23 heavy (non-hydrogen) atoms. The highest BCUT2D eigenvalue weighted by molar-refractivity contribution is 5.94. The first-order valence-corrected chi connectivity index (χ1v) is 9.30. The predicted molar refractivity (Wildman–Crippen MR) is 97.1 cm³/mol. The number of hydrogen-bond acceptors (Lipinski definition) is 1. The lowest BCUT2D eigenvalue weighted by Gasteiger charge is -2.58. The van der Waals surface area contributed by atoms with Gasteiger partial charge < -0.3 is 0 Å². The van der Waals surface area contributed by atoms with Gasteiger partial charge in [-0.25, -0.2) is 0 Å². The van der Waals surface area contributed by atoms with Gasteiger partial charge in [0.1, 0.15) is 0 Å². The van der Waals surface area contributed by atoms with Crippen LogP contribution in [-0.4, -0.2) is 5.78 Å². The minimum Gasteiger partial charge on any atom is -0.294 e. The summed E-state index contributed by atoms with van der Waals surface area (Å²) in [7, 11) is 0. The van der Waals surface area contributed by atoms with Gasteiger partial charge in [0.2, 0.25) is 0 Å². The van der Waals surface area contributed by atoms with Crippen molar-refractivity contribution >= 4 is 5.78 Å². The lowest BCUT2D eigenvalue weighted by Crippen LogP contribution is -2.52. The summed E-state index contributed by atoms with van der Waals surface area (Å²) in [5, 5.41) is 0. The van der Waals surface area contributed by atoms with E-state index in [2.05, 4.69) is 46.1 Å². The van der Waals surface area contributed by atoms with Gasteiger partial charge in [0.25, 0.3) is 0 Å². The van der Waals surface area contributed by atoms with Crippen LogP contribution in [0.15, 0.2) is 37.0 Å². The molecule has 3 aliphatic rings. The number of carbonyl (C=O) groups excluding carboxylic acids is 1. The van der Waals surface area contributed by atoms with Crippen molar-refractivity contribution in [3.8, 4) is 0 Å². The zero-order chi connectivity index (χ0) is 16.9. The van der Waals surface area contributed by atoms with Crippen molar-refractivity contribution in [2.24, 2.45) is 28.1 Å². The molecule has 0 aromatic carbocycles. The second kappa shape index (κ2) is 5.46. The standard InChI is InChI=1S/C22H32O/c1-6-19(23)22(5)13-8-12-21(4)17-11-14-20(3,7-2)15-16(17)9-10-18(21)22/h6-7,11,16,18H,1-2,8-10,12-15H2,3-5H3/t16-,18-,20-,21-,22+/m0/s1. The lowest BCUT2D eigenvalue weighted by atomic mass is 9.45. The summed E-state index contributed by atoms with van der Waals surface area (Å²) in [4.78, 5) is 12.6. The smallest absolute Gasteiger partial charge is 0.161 e. The minimum absolute atomic E-state index is 0.205. The summed E-state index contributed by atoms with van der Waals surface area (Å²) in [6, 6.07) is 0. The first-order chi connectivity index (χ1) is 10.8. The van der Waals surface area contributed by atoms with Crippen LogP contribution in [0.1, 0.15) is 65.7 Å². The second-order valence-corrected chi connectivity index (χ2v) is 9.01. The maximum absolute atomic E-state index is 12.6. The number of allylic oxidation sites excluding steroid dienone is 4. The lowest BCUT2D eigenvalue weighted by molar-refractivity contribution is -0.134. The fourth-order valence-electron chi connectivity index (χ4n) is 6.14. The summed E-state index contributed by atoms with van der Waals surface area (Å²) >= 11 is 0. The molecule has 0 saturated heterocycles. The van der Waals surface area contributed by atoms with Crippen molar-refractivity contribution in [2.45, 2.75) is 65.7 Å². The molecule has 1 nitrogen and oxygen atoms in total. The van der Waals surface area contributed by atoms with Crippen LogP contribution < -0.4 is 0 Å². The van der Waals surface area contributed by atoms with Gasteiger partial charge in [-0.15, -0.1) is 6.58 Å². The first-order valence-electron chi connectivity index (χ1n) is 9.30. The molecule has 0 aliphatic heterocycles. The molecule has 0 aromatic rings. The fourth-order valence-corrected chi connectivity index (χ4v) is 6.14. The molecule has 0 N–H and O–H groups in total. The Kier molecular flexibility index (Phi) is 3.98. The topological polar surface area (TPSA) is 17.1 Å². The monoisotopic (exact) mass is 312 g/mol. The molecular weight excluding hydrogens is 280 g/mol. The molecule has 1 heteroatoms. The van der Waals surface area contributed by atoms with E-state index in [-0.39, 0.29) is 22.0 Å². The molecule has 0 bridgehead atoms. The van der Waals surface area contributed by atoms with Gasteiger partial charge >= 0.3 is 0 Å². The minimum atomic E-state index is -0.209. The SMILES string of the molecule is C=CC(=O)[C@]1(C)CCC[C@@]2(C)C3=CC[C@](C)(C=C)C[C@@H]3CC[C@H]12. The Balaban J connectivity index is 2.00. The van der Waals surface area contributed by atoms with E-state index in [9.17, 15) is 4.79 Å². The Bertz CT molecular complexity index is 571. The van der Waals surface area contributed by atoms with Gasteiger partial charge in [-0.1, -0.05) is 51.5 Å². The van der Waals surface area contributed by atoms with E-state index < -0.39 is 0 Å². The van der Waals surface area contributed by atoms with E-state index >= 15 is 0 Å². The van der Waals surface area contributed by atoms with Gasteiger partial charge in [0.05, 0.1) is 0 Å². The first kappa shape index (κ1) is 16.7. The molecule has 0 radical (unpaired) electrons.